The largest absolute Gasteiger partial charge is 0.710 e. The molecule has 3 saturated heterocycles. The lowest BCUT2D eigenvalue weighted by molar-refractivity contribution is -0.385. The molecule has 3 aliphatic heterocycles. The first-order chi connectivity index (χ1) is 24.3. The van der Waals surface area contributed by atoms with Gasteiger partial charge in [0.1, 0.15) is 0 Å². The van der Waals surface area contributed by atoms with E-state index in [2.05, 4.69) is 4.98 Å². The highest BCUT2D eigenvalue weighted by molar-refractivity contribution is 6.87. The highest BCUT2D eigenvalue weighted by Gasteiger charge is 2.84. The minimum atomic E-state index is -5.31. The molecule has 5 rings (SSSR count). The quantitative estimate of drug-likeness (QED) is 0.101. The highest BCUT2D eigenvalue weighted by Crippen LogP contribution is 2.50. The summed E-state index contributed by atoms with van der Waals surface area (Å²) >= 11 is 0. The van der Waals surface area contributed by atoms with Gasteiger partial charge in [-0.05, 0) is 29.7 Å². The topological polar surface area (TPSA) is 231 Å². The van der Waals surface area contributed by atoms with Crippen LogP contribution in [0.2, 0.25) is 0 Å². The van der Waals surface area contributed by atoms with E-state index in [0.29, 0.717) is 11.1 Å². The van der Waals surface area contributed by atoms with Crippen molar-refractivity contribution in [3.8, 4) is 0 Å². The molecule has 0 amide bonds. The number of nitrogens with zero attached hydrogens (tertiary/aromatic N) is 2. The van der Waals surface area contributed by atoms with Crippen molar-refractivity contribution in [2.24, 2.45) is 0 Å². The number of hydrogen-bond donors (Lipinski definition) is 0. The average molecular weight is 833 g/mol. The summed E-state index contributed by atoms with van der Waals surface area (Å²) in [6.45, 7) is 0. The summed E-state index contributed by atoms with van der Waals surface area (Å²) in [5.41, 5.74) is 0.380. The molecule has 0 spiro atoms. The summed E-state index contributed by atoms with van der Waals surface area (Å²) in [5, 5.41) is 12.3. The van der Waals surface area contributed by atoms with Crippen LogP contribution in [0.5, 0.6) is 0 Å². The smallest absolute Gasteiger partial charge is 0.356 e. The molecule has 0 aliphatic carbocycles. The third kappa shape index (κ3) is 7.79. The second kappa shape index (κ2) is 15.6. The molecule has 3 aliphatic rings. The number of fused-ring (bicyclic) bond motifs is 4. The predicted molar refractivity (Wildman–Crippen MR) is 170 cm³/mol. The first-order valence-electron chi connectivity index (χ1n) is 14.4. The molecule has 0 N–H and O–H groups in total. The number of rotatable bonds is 15. The number of nitro benzene ring substituents is 1. The summed E-state index contributed by atoms with van der Waals surface area (Å²) in [5.74, 6) is -2.89. The fraction of sp³-hybridized carbons (Fsp3) is 0.500. The number of aromatic nitrogens is 1. The van der Waals surface area contributed by atoms with Crippen molar-refractivity contribution in [1.82, 2.24) is 4.98 Å². The average Bonchev–Trinajstić information content (AvgIpc) is 3.29. The van der Waals surface area contributed by atoms with Crippen LogP contribution < -0.4 is 0 Å². The van der Waals surface area contributed by atoms with Gasteiger partial charge in [0.05, 0.1) is 4.92 Å². The van der Waals surface area contributed by atoms with Gasteiger partial charge in [-0.15, -0.1) is 0 Å². The maximum Gasteiger partial charge on any atom is 0.710 e. The van der Waals surface area contributed by atoms with Crippen LogP contribution in [0.3, 0.4) is 0 Å². The number of nitro groups is 1. The van der Waals surface area contributed by atoms with Crippen LogP contribution in [0, 0.1) is 10.1 Å². The molecule has 1 aromatic heterocycles. The molecule has 2 aromatic rings. The molecule has 4 atom stereocenters. The Labute approximate surface area is 298 Å². The molecule has 0 radical (unpaired) electrons. The summed E-state index contributed by atoms with van der Waals surface area (Å²) in [6.07, 6.45) is 3.22. The number of non-ortho nitro benzene ring substituents is 1. The van der Waals surface area contributed by atoms with E-state index in [-0.39, 0.29) is 12.0 Å². The summed E-state index contributed by atoms with van der Waals surface area (Å²) in [7, 11) is -18.0. The molecule has 4 heterocycles. The molecule has 4 bridgehead atoms. The molecule has 29 heteroatoms. The van der Waals surface area contributed by atoms with Gasteiger partial charge in [0.25, 0.3) is 11.7 Å². The van der Waals surface area contributed by atoms with E-state index in [1.54, 1.807) is 24.5 Å². The van der Waals surface area contributed by atoms with Gasteiger partial charge < -0.3 is 60.4 Å². The van der Waals surface area contributed by atoms with Gasteiger partial charge >= 0.3 is 54.3 Å². The zero-order valence-corrected chi connectivity index (χ0v) is 34.7. The molecule has 0 saturated carbocycles. The van der Waals surface area contributed by atoms with Crippen LogP contribution in [0.4, 0.5) is 5.69 Å². The second-order valence-corrected chi connectivity index (χ2v) is 24.7. The van der Waals surface area contributed by atoms with Crippen LogP contribution in [-0.2, 0) is 95.2 Å². The normalized spacial score (nSPS) is 30.2. The Bertz CT molecular complexity index is 1520. The fourth-order valence-electron chi connectivity index (χ4n) is 4.81. The van der Waals surface area contributed by atoms with Crippen LogP contribution >= 0.6 is 0 Å². The summed E-state index contributed by atoms with van der Waals surface area (Å²) in [6, 6.07) is 7.26. The third-order valence-corrected chi connectivity index (χ3v) is 24.1. The van der Waals surface area contributed by atoms with E-state index >= 15 is 0 Å². The molecule has 4 unspecified atom stereocenters. The van der Waals surface area contributed by atoms with Crippen molar-refractivity contribution >= 4 is 60.0 Å². The van der Waals surface area contributed by atoms with Crippen LogP contribution in [0.25, 0.3) is 0 Å². The zero-order valence-electron chi connectivity index (χ0n) is 28.7. The number of hydrogen-bond acceptors (Lipinski definition) is 22. The zero-order chi connectivity index (χ0) is 37.2. The Morgan fingerprint density at radius 2 is 1.27 bits per heavy atom. The van der Waals surface area contributed by atoms with Gasteiger partial charge in [0.2, 0.25) is 0 Å². The van der Waals surface area contributed by atoms with Crippen LogP contribution in [-0.4, -0.2) is 128 Å². The minimum absolute atomic E-state index is 0.0883. The maximum absolute atomic E-state index is 12.3. The molecule has 51 heavy (non-hydrogen) atoms. The van der Waals surface area contributed by atoms with E-state index in [9.17, 15) is 10.1 Å². The number of pyridine rings is 1. The SMILES string of the molecule is CO[Si]1(OC)OO[Si]2(OC)OC(c3cc([N+](=O)[O-])ccc3Cc3ccncc3)(O1)O[Si]1(O[Si](OC)(OC)OC)O[Si](OC)(OC)O[Si](OC)(O2)O1. The van der Waals surface area contributed by atoms with Gasteiger partial charge in [0.15, 0.2) is 0 Å². The Morgan fingerprint density at radius 3 is 1.82 bits per heavy atom. The Kier molecular flexibility index (Phi) is 12.4. The summed E-state index contributed by atoms with van der Waals surface area (Å²) in [4.78, 5) is 15.7. The van der Waals surface area contributed by atoms with Crippen LogP contribution in [0.1, 0.15) is 16.7 Å². The Morgan fingerprint density at radius 1 is 0.706 bits per heavy atom. The lowest BCUT2D eigenvalue weighted by Crippen LogP contribution is -2.82. The predicted octanol–water partition coefficient (Wildman–Crippen LogP) is 0.244. The van der Waals surface area contributed by atoms with E-state index in [1.807, 2.05) is 0 Å². The van der Waals surface area contributed by atoms with E-state index < -0.39 is 70.9 Å². The van der Waals surface area contributed by atoms with Gasteiger partial charge in [-0.3, -0.25) is 28.4 Å². The Balaban J connectivity index is 1.90. The van der Waals surface area contributed by atoms with Gasteiger partial charge in [-0.2, -0.15) is 0 Å². The van der Waals surface area contributed by atoms with Gasteiger partial charge in [0, 0.05) is 94.1 Å². The van der Waals surface area contributed by atoms with Crippen molar-refractivity contribution in [2.45, 2.75) is 12.4 Å². The van der Waals surface area contributed by atoms with Crippen LogP contribution in [0.15, 0.2) is 42.7 Å². The van der Waals surface area contributed by atoms with Crippen molar-refractivity contribution in [2.75, 3.05) is 64.0 Å². The molecule has 1 aromatic carbocycles. The van der Waals surface area contributed by atoms with Crippen molar-refractivity contribution in [3.63, 3.8) is 0 Å². The third-order valence-electron chi connectivity index (χ3n) is 7.30. The van der Waals surface area contributed by atoms with Gasteiger partial charge in [-0.25, -0.2) is 9.15 Å². The van der Waals surface area contributed by atoms with Gasteiger partial charge in [-0.1, -0.05) is 6.07 Å². The summed E-state index contributed by atoms with van der Waals surface area (Å²) < 4.78 is 113. The van der Waals surface area contributed by atoms with E-state index in [4.69, 9.17) is 82.8 Å². The molecular formula is C22H36N2O21Si6. The molecule has 284 valence electrons. The maximum atomic E-state index is 12.3. The van der Waals surface area contributed by atoms with Crippen molar-refractivity contribution in [1.29, 1.82) is 0 Å². The highest BCUT2D eigenvalue weighted by atomic mass is 28.6. The van der Waals surface area contributed by atoms with E-state index in [0.717, 1.165) is 20.3 Å². The van der Waals surface area contributed by atoms with E-state index in [1.165, 1.54) is 61.9 Å². The molecule has 23 nitrogen and oxygen atoms in total. The lowest BCUT2D eigenvalue weighted by atomic mass is 9.98. The molecular weight excluding hydrogens is 797 g/mol. The van der Waals surface area contributed by atoms with Crippen molar-refractivity contribution < 1.29 is 87.8 Å². The monoisotopic (exact) mass is 832 g/mol. The number of benzene rings is 1. The first kappa shape index (κ1) is 40.5. The minimum Gasteiger partial charge on any atom is -0.356 e. The standard InChI is InChI=1S/C22H36N2O21Si6/c1-27-46(28-2,29-3)41-51-38-22(21-17-20(24(25)26)11-10-19(21)16-18-12-14-23-15-13-18)36-47(30-4,31-5)39-40-49(34-8,37-22)44-50(35-9,45-51)42-48(32-6,33-7)43-51/h10-15,17H,16H2,1-9H3. The fourth-order valence-corrected chi connectivity index (χ4v) is 23.2. The first-order valence-corrected chi connectivity index (χ1v) is 24.2. The molecule has 3 fully saturated rings. The second-order valence-electron chi connectivity index (χ2n) is 10.0. The Hall–Kier alpha value is -1.69. The van der Waals surface area contributed by atoms with Crippen molar-refractivity contribution in [3.05, 3.63) is 69.5 Å². The lowest BCUT2D eigenvalue weighted by Gasteiger charge is -2.51.